The number of amides is 1. The second kappa shape index (κ2) is 7.13. The molecule has 0 aromatic carbocycles. The number of hydrogen-bond acceptors (Lipinski definition) is 3. The highest BCUT2D eigenvalue weighted by Gasteiger charge is 2.27. The van der Waals surface area contributed by atoms with Crippen molar-refractivity contribution in [3.05, 3.63) is 11.1 Å². The van der Waals surface area contributed by atoms with Gasteiger partial charge in [0, 0.05) is 24.1 Å². The van der Waals surface area contributed by atoms with E-state index in [9.17, 15) is 4.79 Å². The molecular weight excluding hydrogens is 284 g/mol. The van der Waals surface area contributed by atoms with Gasteiger partial charge < -0.3 is 15.0 Å². The number of nitrogens with one attached hydrogen (secondary N) is 1. The molecule has 1 fully saturated rings. The van der Waals surface area contributed by atoms with E-state index in [1.54, 1.807) is 0 Å². The molecule has 1 aliphatic heterocycles. The van der Waals surface area contributed by atoms with E-state index in [4.69, 9.17) is 4.74 Å². The minimum Gasteiger partial charge on any atom is -0.378 e. The van der Waals surface area contributed by atoms with Gasteiger partial charge in [0.2, 0.25) is 5.91 Å². The minimum absolute atomic E-state index is 0.151. The molecule has 0 saturated carbocycles. The van der Waals surface area contributed by atoms with Crippen LogP contribution < -0.4 is 5.32 Å². The number of carbonyl (C=O) groups excluding carboxylic acids is 1. The Balaban J connectivity index is 2.55. The third-order valence-electron chi connectivity index (χ3n) is 2.77. The van der Waals surface area contributed by atoms with Crippen molar-refractivity contribution in [3.63, 3.8) is 0 Å². The van der Waals surface area contributed by atoms with Crippen LogP contribution in [0, 0.1) is 5.92 Å². The van der Waals surface area contributed by atoms with Gasteiger partial charge in [0.25, 0.3) is 0 Å². The van der Waals surface area contributed by atoms with Crippen molar-refractivity contribution in [3.8, 4) is 0 Å². The third-order valence-corrected chi connectivity index (χ3v) is 3.05. The predicted octanol–water partition coefficient (Wildman–Crippen LogP) is 1.37. The van der Waals surface area contributed by atoms with Crippen LogP contribution >= 0.6 is 15.9 Å². The molecule has 1 rings (SSSR count). The number of halogens is 1. The van der Waals surface area contributed by atoms with E-state index in [0.717, 1.165) is 4.48 Å². The SMILES string of the molecule is C=C(Br)CN[C@@H](C(=O)N1CCOCC1)C(C)C. The third kappa shape index (κ3) is 4.77. The van der Waals surface area contributed by atoms with Crippen molar-refractivity contribution in [2.45, 2.75) is 19.9 Å². The lowest BCUT2D eigenvalue weighted by molar-refractivity contribution is -0.138. The molecule has 0 aliphatic carbocycles. The summed E-state index contributed by atoms with van der Waals surface area (Å²) in [6.45, 7) is 11.1. The Kier molecular flexibility index (Phi) is 6.16. The van der Waals surface area contributed by atoms with Gasteiger partial charge in [-0.15, -0.1) is 0 Å². The van der Waals surface area contributed by atoms with Crippen molar-refractivity contribution in [2.75, 3.05) is 32.8 Å². The summed E-state index contributed by atoms with van der Waals surface area (Å²) in [5, 5.41) is 3.24. The first-order valence-electron chi connectivity index (χ1n) is 5.95. The minimum atomic E-state index is -0.151. The van der Waals surface area contributed by atoms with Gasteiger partial charge in [0.1, 0.15) is 0 Å². The van der Waals surface area contributed by atoms with Gasteiger partial charge >= 0.3 is 0 Å². The maximum absolute atomic E-state index is 12.3. The molecule has 4 nitrogen and oxygen atoms in total. The molecule has 1 amide bonds. The topological polar surface area (TPSA) is 41.6 Å². The first-order chi connectivity index (χ1) is 8.02. The fourth-order valence-corrected chi connectivity index (χ4v) is 1.97. The van der Waals surface area contributed by atoms with E-state index >= 15 is 0 Å². The van der Waals surface area contributed by atoms with Crippen molar-refractivity contribution in [2.24, 2.45) is 5.92 Å². The highest BCUT2D eigenvalue weighted by atomic mass is 79.9. The Morgan fingerprint density at radius 3 is 2.53 bits per heavy atom. The lowest BCUT2D eigenvalue weighted by atomic mass is 10.0. The summed E-state index contributed by atoms with van der Waals surface area (Å²) in [5.74, 6) is 0.425. The van der Waals surface area contributed by atoms with Gasteiger partial charge in [0.05, 0.1) is 19.3 Å². The molecule has 0 aromatic heterocycles. The standard InChI is InChI=1S/C12H21BrN2O2/c1-9(2)11(14-8-10(3)13)12(16)15-4-6-17-7-5-15/h9,11,14H,3-8H2,1-2H3/t11-/m1/s1. The van der Waals surface area contributed by atoms with Crippen molar-refractivity contribution >= 4 is 21.8 Å². The average Bonchev–Trinajstić information content (AvgIpc) is 2.29. The maximum atomic E-state index is 12.3. The van der Waals surface area contributed by atoms with Crippen LogP contribution in [0.5, 0.6) is 0 Å². The molecular formula is C12H21BrN2O2. The summed E-state index contributed by atoms with van der Waals surface area (Å²) < 4.78 is 6.11. The van der Waals surface area contributed by atoms with E-state index in [-0.39, 0.29) is 17.9 Å². The summed E-state index contributed by atoms with van der Waals surface area (Å²) in [6.07, 6.45) is 0. The number of ether oxygens (including phenoxy) is 1. The van der Waals surface area contributed by atoms with Gasteiger partial charge in [-0.05, 0) is 5.92 Å². The highest BCUT2D eigenvalue weighted by molar-refractivity contribution is 9.11. The lowest BCUT2D eigenvalue weighted by Crippen LogP contribution is -2.52. The Morgan fingerprint density at radius 1 is 1.47 bits per heavy atom. The van der Waals surface area contributed by atoms with E-state index in [1.807, 2.05) is 18.7 Å². The summed E-state index contributed by atoms with van der Waals surface area (Å²) in [7, 11) is 0. The van der Waals surface area contributed by atoms with Crippen molar-refractivity contribution in [1.82, 2.24) is 10.2 Å². The van der Waals surface area contributed by atoms with E-state index in [1.165, 1.54) is 0 Å². The zero-order valence-corrected chi connectivity index (χ0v) is 12.1. The van der Waals surface area contributed by atoms with Crippen molar-refractivity contribution < 1.29 is 9.53 Å². The molecule has 1 saturated heterocycles. The molecule has 0 aromatic rings. The summed E-state index contributed by atoms with van der Waals surface area (Å²) >= 11 is 3.30. The number of morpholine rings is 1. The highest BCUT2D eigenvalue weighted by Crippen LogP contribution is 2.09. The molecule has 0 bridgehead atoms. The molecule has 98 valence electrons. The molecule has 0 unspecified atom stereocenters. The van der Waals surface area contributed by atoms with E-state index in [2.05, 4.69) is 27.8 Å². The monoisotopic (exact) mass is 304 g/mol. The molecule has 1 atom stereocenters. The molecule has 1 N–H and O–H groups in total. The van der Waals surface area contributed by atoms with Crippen LogP contribution in [-0.4, -0.2) is 49.7 Å². The van der Waals surface area contributed by atoms with Gasteiger partial charge in [-0.2, -0.15) is 0 Å². The molecule has 0 spiro atoms. The Morgan fingerprint density at radius 2 is 2.06 bits per heavy atom. The van der Waals surface area contributed by atoms with E-state index < -0.39 is 0 Å². The molecule has 1 heterocycles. The number of hydrogen-bond donors (Lipinski definition) is 1. The smallest absolute Gasteiger partial charge is 0.240 e. The van der Waals surface area contributed by atoms with Gasteiger partial charge in [-0.1, -0.05) is 36.4 Å². The van der Waals surface area contributed by atoms with Gasteiger partial charge in [-0.25, -0.2) is 0 Å². The largest absolute Gasteiger partial charge is 0.378 e. The second-order valence-corrected chi connectivity index (χ2v) is 5.68. The molecule has 5 heteroatoms. The van der Waals surface area contributed by atoms with Crippen LogP contribution in [0.3, 0.4) is 0 Å². The number of nitrogens with zero attached hydrogens (tertiary/aromatic N) is 1. The molecule has 0 radical (unpaired) electrons. The first kappa shape index (κ1) is 14.7. The average molecular weight is 305 g/mol. The van der Waals surface area contributed by atoms with Crippen LogP contribution in [-0.2, 0) is 9.53 Å². The van der Waals surface area contributed by atoms with Crippen LogP contribution in [0.1, 0.15) is 13.8 Å². The fraction of sp³-hybridized carbons (Fsp3) is 0.750. The van der Waals surface area contributed by atoms with Crippen LogP contribution in [0.15, 0.2) is 11.1 Å². The Bertz CT molecular complexity index is 276. The fourth-order valence-electron chi connectivity index (χ4n) is 1.81. The van der Waals surface area contributed by atoms with Crippen LogP contribution in [0.25, 0.3) is 0 Å². The zero-order valence-electron chi connectivity index (χ0n) is 10.5. The first-order valence-corrected chi connectivity index (χ1v) is 6.75. The zero-order chi connectivity index (χ0) is 12.8. The Hall–Kier alpha value is -0.390. The molecule has 1 aliphatic rings. The maximum Gasteiger partial charge on any atom is 0.240 e. The summed E-state index contributed by atoms with van der Waals surface area (Å²) in [6, 6.07) is -0.151. The number of carbonyl (C=O) groups is 1. The summed E-state index contributed by atoms with van der Waals surface area (Å²) in [4.78, 5) is 14.2. The molecule has 17 heavy (non-hydrogen) atoms. The van der Waals surface area contributed by atoms with Crippen molar-refractivity contribution in [1.29, 1.82) is 0 Å². The predicted molar refractivity (Wildman–Crippen MR) is 72.1 cm³/mol. The second-order valence-electron chi connectivity index (χ2n) is 4.56. The van der Waals surface area contributed by atoms with Gasteiger partial charge in [0.15, 0.2) is 0 Å². The van der Waals surface area contributed by atoms with Crippen LogP contribution in [0.4, 0.5) is 0 Å². The van der Waals surface area contributed by atoms with E-state index in [0.29, 0.717) is 32.8 Å². The quantitative estimate of drug-likeness (QED) is 0.834. The normalized spacial score (nSPS) is 18.2. The van der Waals surface area contributed by atoms with Crippen LogP contribution in [0.2, 0.25) is 0 Å². The Labute approximate surface area is 112 Å². The number of rotatable bonds is 5. The van der Waals surface area contributed by atoms with Gasteiger partial charge in [-0.3, -0.25) is 4.79 Å². The summed E-state index contributed by atoms with van der Waals surface area (Å²) in [5.41, 5.74) is 0. The lowest BCUT2D eigenvalue weighted by Gasteiger charge is -2.32.